The number of halogens is 1. The maximum Gasteiger partial charge on any atom is 0.257 e. The molecule has 6 nitrogen and oxygen atoms in total. The van der Waals surface area contributed by atoms with E-state index in [1.165, 1.54) is 0 Å². The van der Waals surface area contributed by atoms with Crippen LogP contribution in [0.1, 0.15) is 37.7 Å². The summed E-state index contributed by atoms with van der Waals surface area (Å²) in [7, 11) is 3.37. The van der Waals surface area contributed by atoms with E-state index in [1.54, 1.807) is 35.8 Å². The molecule has 0 radical (unpaired) electrons. The van der Waals surface area contributed by atoms with Gasteiger partial charge in [0.1, 0.15) is 0 Å². The molecule has 2 amide bonds. The van der Waals surface area contributed by atoms with Gasteiger partial charge in [0, 0.05) is 30.7 Å². The molecule has 0 bridgehead atoms. The number of amides is 2. The maximum atomic E-state index is 13.1. The molecule has 0 aliphatic heterocycles. The summed E-state index contributed by atoms with van der Waals surface area (Å²) in [6.45, 7) is 4.19. The van der Waals surface area contributed by atoms with E-state index in [2.05, 4.69) is 26.3 Å². The first kappa shape index (κ1) is 20.8. The average molecular weight is 455 g/mol. The van der Waals surface area contributed by atoms with E-state index in [9.17, 15) is 9.59 Å². The lowest BCUT2D eigenvalue weighted by Crippen LogP contribution is -2.27. The Labute approximate surface area is 178 Å². The smallest absolute Gasteiger partial charge is 0.257 e. The van der Waals surface area contributed by atoms with Gasteiger partial charge < -0.3 is 10.2 Å². The summed E-state index contributed by atoms with van der Waals surface area (Å²) in [4.78, 5) is 26.4. The van der Waals surface area contributed by atoms with Crippen molar-refractivity contribution in [1.82, 2.24) is 20.0 Å². The van der Waals surface area contributed by atoms with Crippen LogP contribution in [-0.4, -0.2) is 40.6 Å². The van der Waals surface area contributed by atoms with Crippen molar-refractivity contribution in [3.8, 4) is 5.69 Å². The van der Waals surface area contributed by atoms with Crippen molar-refractivity contribution in [2.24, 2.45) is 0 Å². The quantitative estimate of drug-likeness (QED) is 0.635. The number of carbonyl (C=O) groups excluding carboxylic acids is 2. The number of aryl methyl sites for hydroxylation is 1. The predicted molar refractivity (Wildman–Crippen MR) is 116 cm³/mol. The van der Waals surface area contributed by atoms with Crippen molar-refractivity contribution < 1.29 is 9.59 Å². The Morgan fingerprint density at radius 3 is 2.28 bits per heavy atom. The van der Waals surface area contributed by atoms with Crippen LogP contribution in [0.3, 0.4) is 0 Å². The highest BCUT2D eigenvalue weighted by atomic mass is 79.9. The second-order valence-corrected chi connectivity index (χ2v) is 7.79. The second kappa shape index (κ2) is 8.61. The summed E-state index contributed by atoms with van der Waals surface area (Å²) >= 11 is 3.43. The van der Waals surface area contributed by atoms with Crippen LogP contribution >= 0.6 is 15.9 Å². The summed E-state index contributed by atoms with van der Waals surface area (Å²) < 4.78 is 2.78. The maximum absolute atomic E-state index is 13.1. The van der Waals surface area contributed by atoms with Gasteiger partial charge in [0.25, 0.3) is 11.8 Å². The van der Waals surface area contributed by atoms with E-state index in [4.69, 9.17) is 0 Å². The van der Waals surface area contributed by atoms with Gasteiger partial charge in [-0.05, 0) is 55.8 Å². The Morgan fingerprint density at radius 2 is 1.69 bits per heavy atom. The monoisotopic (exact) mass is 454 g/mol. The van der Waals surface area contributed by atoms with Gasteiger partial charge in [0.05, 0.1) is 22.6 Å². The van der Waals surface area contributed by atoms with Gasteiger partial charge in [-0.25, -0.2) is 4.68 Å². The van der Waals surface area contributed by atoms with Crippen LogP contribution in [0.15, 0.2) is 53.0 Å². The Balaban J connectivity index is 1.81. The van der Waals surface area contributed by atoms with E-state index in [0.717, 1.165) is 21.4 Å². The minimum Gasteiger partial charge on any atom is -0.355 e. The molecule has 1 heterocycles. The van der Waals surface area contributed by atoms with E-state index in [-0.39, 0.29) is 11.8 Å². The van der Waals surface area contributed by atoms with Crippen molar-refractivity contribution in [3.63, 3.8) is 0 Å². The number of rotatable bonds is 5. The second-order valence-electron chi connectivity index (χ2n) is 6.87. The number of nitrogens with zero attached hydrogens (tertiary/aromatic N) is 3. The number of benzene rings is 2. The van der Waals surface area contributed by atoms with Crippen molar-refractivity contribution in [2.75, 3.05) is 14.1 Å². The van der Waals surface area contributed by atoms with Crippen molar-refractivity contribution >= 4 is 27.7 Å². The van der Waals surface area contributed by atoms with Gasteiger partial charge in [-0.15, -0.1) is 0 Å². The normalized spacial score (nSPS) is 10.7. The third-order valence-corrected chi connectivity index (χ3v) is 5.31. The zero-order valence-corrected chi connectivity index (χ0v) is 18.4. The molecule has 2 aromatic carbocycles. The third kappa shape index (κ3) is 4.40. The largest absolute Gasteiger partial charge is 0.355 e. The molecule has 29 heavy (non-hydrogen) atoms. The van der Waals surface area contributed by atoms with Gasteiger partial charge >= 0.3 is 0 Å². The highest BCUT2D eigenvalue weighted by Gasteiger charge is 2.22. The van der Waals surface area contributed by atoms with Gasteiger partial charge in [0.2, 0.25) is 0 Å². The van der Waals surface area contributed by atoms with Crippen LogP contribution in [0.25, 0.3) is 5.69 Å². The number of hydrogen-bond donors (Lipinski definition) is 1. The summed E-state index contributed by atoms with van der Waals surface area (Å²) in [5, 5.41) is 7.17. The molecule has 1 N–H and O–H groups in total. The van der Waals surface area contributed by atoms with E-state index in [0.29, 0.717) is 23.4 Å². The molecule has 3 rings (SSSR count). The standard InChI is InChI=1S/C22H23BrN4O2/c1-14-20(15(2)27(25-14)19-11-9-18(23)10-12-19)22(29)26(4)13-16-5-7-17(8-6-16)21(28)24-3/h5-12H,13H2,1-4H3,(H,24,28). The SMILES string of the molecule is CNC(=O)c1ccc(CN(C)C(=O)c2c(C)nn(-c3ccc(Br)cc3)c2C)cc1. The Morgan fingerprint density at radius 1 is 1.07 bits per heavy atom. The molecule has 0 unspecified atom stereocenters. The number of aromatic nitrogens is 2. The molecule has 0 aliphatic carbocycles. The molecule has 3 aromatic rings. The molecule has 7 heteroatoms. The van der Waals surface area contributed by atoms with Crippen LogP contribution in [0, 0.1) is 13.8 Å². The lowest BCUT2D eigenvalue weighted by atomic mass is 10.1. The van der Waals surface area contributed by atoms with Crippen LogP contribution in [0.2, 0.25) is 0 Å². The predicted octanol–water partition coefficient (Wildman–Crippen LogP) is 3.88. The number of hydrogen-bond acceptors (Lipinski definition) is 3. The Bertz CT molecular complexity index is 1040. The number of nitrogens with one attached hydrogen (secondary N) is 1. The zero-order chi connectivity index (χ0) is 21.1. The molecule has 1 aromatic heterocycles. The van der Waals surface area contributed by atoms with Gasteiger partial charge in [0.15, 0.2) is 0 Å². The summed E-state index contributed by atoms with van der Waals surface area (Å²) in [5.41, 5.74) is 4.54. The fraction of sp³-hybridized carbons (Fsp3) is 0.227. The van der Waals surface area contributed by atoms with Gasteiger partial charge in [-0.3, -0.25) is 9.59 Å². The Kier molecular flexibility index (Phi) is 6.17. The first-order valence-electron chi connectivity index (χ1n) is 9.20. The van der Waals surface area contributed by atoms with Crippen molar-refractivity contribution in [3.05, 3.63) is 81.1 Å². The van der Waals surface area contributed by atoms with Gasteiger partial charge in [-0.2, -0.15) is 5.10 Å². The molecule has 0 aliphatic rings. The van der Waals surface area contributed by atoms with Crippen LogP contribution < -0.4 is 5.32 Å². The first-order chi connectivity index (χ1) is 13.8. The van der Waals surface area contributed by atoms with E-state index >= 15 is 0 Å². The molecule has 0 spiro atoms. The molecule has 0 fully saturated rings. The minimum atomic E-state index is -0.132. The van der Waals surface area contributed by atoms with E-state index < -0.39 is 0 Å². The Hall–Kier alpha value is -2.93. The molecular weight excluding hydrogens is 432 g/mol. The van der Waals surface area contributed by atoms with Crippen LogP contribution in [0.4, 0.5) is 0 Å². The first-order valence-corrected chi connectivity index (χ1v) is 9.99. The fourth-order valence-corrected chi connectivity index (χ4v) is 3.49. The fourth-order valence-electron chi connectivity index (χ4n) is 3.23. The van der Waals surface area contributed by atoms with Gasteiger partial charge in [-0.1, -0.05) is 28.1 Å². The summed E-state index contributed by atoms with van der Waals surface area (Å²) in [6, 6.07) is 15.0. The molecule has 150 valence electrons. The van der Waals surface area contributed by atoms with E-state index in [1.807, 2.05) is 50.2 Å². The average Bonchev–Trinajstić information content (AvgIpc) is 3.02. The zero-order valence-electron chi connectivity index (χ0n) is 16.9. The summed E-state index contributed by atoms with van der Waals surface area (Å²) in [5.74, 6) is -0.216. The molecule has 0 saturated heterocycles. The summed E-state index contributed by atoms with van der Waals surface area (Å²) in [6.07, 6.45) is 0. The third-order valence-electron chi connectivity index (χ3n) is 4.79. The highest BCUT2D eigenvalue weighted by molar-refractivity contribution is 9.10. The molecular formula is C22H23BrN4O2. The van der Waals surface area contributed by atoms with Crippen LogP contribution in [0.5, 0.6) is 0 Å². The molecule has 0 saturated carbocycles. The highest BCUT2D eigenvalue weighted by Crippen LogP contribution is 2.21. The minimum absolute atomic E-state index is 0.0845. The van der Waals surface area contributed by atoms with Crippen molar-refractivity contribution in [1.29, 1.82) is 0 Å². The number of carbonyl (C=O) groups is 2. The van der Waals surface area contributed by atoms with Crippen LogP contribution in [-0.2, 0) is 6.54 Å². The topological polar surface area (TPSA) is 67.2 Å². The lowest BCUT2D eigenvalue weighted by molar-refractivity contribution is 0.0783. The molecule has 0 atom stereocenters. The lowest BCUT2D eigenvalue weighted by Gasteiger charge is -2.18. The van der Waals surface area contributed by atoms with Crippen molar-refractivity contribution in [2.45, 2.75) is 20.4 Å².